The number of ether oxygens (including phenoxy) is 3. The van der Waals surface area contributed by atoms with Gasteiger partial charge in [-0.25, -0.2) is 0 Å². The summed E-state index contributed by atoms with van der Waals surface area (Å²) in [6.07, 6.45) is 0. The minimum absolute atomic E-state index is 0.544. The first-order valence-corrected chi connectivity index (χ1v) is 11.6. The number of hydrogen-bond donors (Lipinski definition) is 0. The van der Waals surface area contributed by atoms with E-state index in [4.69, 9.17) is 14.2 Å². The Morgan fingerprint density at radius 1 is 0.581 bits per heavy atom. The lowest BCUT2D eigenvalue weighted by atomic mass is 10.3. The molecule has 4 aromatic carbocycles. The SMILES string of the molecule is COc1cccc(P(=O)(c2cccc(OC)c2)c2ccccc2Oc2ccccc2)c1. The van der Waals surface area contributed by atoms with Gasteiger partial charge in [-0.05, 0) is 48.5 Å². The van der Waals surface area contributed by atoms with E-state index in [1.807, 2.05) is 103 Å². The zero-order chi connectivity index (χ0) is 21.7. The van der Waals surface area contributed by atoms with Crippen LogP contribution in [0.3, 0.4) is 0 Å². The lowest BCUT2D eigenvalue weighted by Crippen LogP contribution is -2.26. The molecule has 0 bridgehead atoms. The van der Waals surface area contributed by atoms with Crippen LogP contribution < -0.4 is 30.1 Å². The van der Waals surface area contributed by atoms with Crippen LogP contribution in [-0.2, 0) is 4.57 Å². The van der Waals surface area contributed by atoms with Gasteiger partial charge in [0.2, 0.25) is 0 Å². The van der Waals surface area contributed by atoms with E-state index in [1.54, 1.807) is 14.2 Å². The second kappa shape index (κ2) is 9.11. The molecule has 0 aliphatic rings. The highest BCUT2D eigenvalue weighted by Crippen LogP contribution is 2.46. The molecule has 0 fully saturated rings. The maximum atomic E-state index is 15.0. The molecule has 0 atom stereocenters. The molecule has 0 amide bonds. The molecule has 4 aromatic rings. The molecular formula is C26H23O4P. The van der Waals surface area contributed by atoms with Gasteiger partial charge in [-0.1, -0.05) is 54.6 Å². The van der Waals surface area contributed by atoms with Gasteiger partial charge in [-0.2, -0.15) is 0 Å². The molecule has 5 heteroatoms. The molecular weight excluding hydrogens is 407 g/mol. The van der Waals surface area contributed by atoms with Crippen molar-refractivity contribution in [2.24, 2.45) is 0 Å². The highest BCUT2D eigenvalue weighted by Gasteiger charge is 2.33. The Hall–Kier alpha value is -3.49. The average molecular weight is 430 g/mol. The van der Waals surface area contributed by atoms with Gasteiger partial charge < -0.3 is 18.8 Å². The van der Waals surface area contributed by atoms with Crippen LogP contribution in [0.15, 0.2) is 103 Å². The molecule has 0 spiro atoms. The highest BCUT2D eigenvalue weighted by atomic mass is 31.2. The molecule has 0 saturated heterocycles. The van der Waals surface area contributed by atoms with Crippen molar-refractivity contribution in [1.29, 1.82) is 0 Å². The third kappa shape index (κ3) is 4.21. The standard InChI is InChI=1S/C26H23O4P/c1-28-21-12-8-14-23(18-21)31(27,24-15-9-13-22(19-24)29-2)26-17-7-6-16-25(26)30-20-10-4-3-5-11-20/h3-19H,1-2H3. The molecule has 4 nitrogen and oxygen atoms in total. The normalized spacial score (nSPS) is 11.0. The van der Waals surface area contributed by atoms with Gasteiger partial charge in [-0.15, -0.1) is 0 Å². The van der Waals surface area contributed by atoms with E-state index >= 15 is 0 Å². The van der Waals surface area contributed by atoms with Crippen molar-refractivity contribution < 1.29 is 18.8 Å². The van der Waals surface area contributed by atoms with E-state index < -0.39 is 7.14 Å². The summed E-state index contributed by atoms with van der Waals surface area (Å²) in [5.41, 5.74) is 0. The number of para-hydroxylation sites is 2. The van der Waals surface area contributed by atoms with Crippen molar-refractivity contribution in [2.45, 2.75) is 0 Å². The number of benzene rings is 4. The maximum absolute atomic E-state index is 15.0. The number of methoxy groups -OCH3 is 2. The molecule has 0 heterocycles. The molecule has 156 valence electrons. The molecule has 0 saturated carbocycles. The molecule has 0 radical (unpaired) electrons. The van der Waals surface area contributed by atoms with Crippen LogP contribution in [0.1, 0.15) is 0 Å². The molecule has 0 unspecified atom stereocenters. The molecule has 4 rings (SSSR count). The van der Waals surface area contributed by atoms with Crippen LogP contribution in [0.2, 0.25) is 0 Å². The monoisotopic (exact) mass is 430 g/mol. The van der Waals surface area contributed by atoms with Crippen molar-refractivity contribution in [3.05, 3.63) is 103 Å². The minimum atomic E-state index is -3.32. The molecule has 0 aliphatic heterocycles. The number of rotatable bonds is 7. The van der Waals surface area contributed by atoms with E-state index in [0.717, 1.165) is 0 Å². The Kier molecular flexibility index (Phi) is 6.11. The fraction of sp³-hybridized carbons (Fsp3) is 0.0769. The van der Waals surface area contributed by atoms with Crippen LogP contribution in [0.4, 0.5) is 0 Å². The van der Waals surface area contributed by atoms with Crippen molar-refractivity contribution in [3.63, 3.8) is 0 Å². The Morgan fingerprint density at radius 2 is 1.10 bits per heavy atom. The third-order valence-corrected chi connectivity index (χ3v) is 8.07. The number of hydrogen-bond acceptors (Lipinski definition) is 4. The summed E-state index contributed by atoms with van der Waals surface area (Å²) >= 11 is 0. The Balaban J connectivity index is 1.95. The van der Waals surface area contributed by atoms with Crippen LogP contribution >= 0.6 is 7.14 Å². The van der Waals surface area contributed by atoms with Crippen LogP contribution in [0, 0.1) is 0 Å². The second-order valence-corrected chi connectivity index (χ2v) is 9.63. The summed E-state index contributed by atoms with van der Waals surface area (Å²) < 4.78 is 32.0. The Morgan fingerprint density at radius 3 is 1.68 bits per heavy atom. The zero-order valence-corrected chi connectivity index (χ0v) is 18.3. The van der Waals surface area contributed by atoms with E-state index in [0.29, 0.717) is 38.9 Å². The largest absolute Gasteiger partial charge is 0.497 e. The van der Waals surface area contributed by atoms with Gasteiger partial charge in [-0.3, -0.25) is 0 Å². The summed E-state index contributed by atoms with van der Waals surface area (Å²) in [6, 6.07) is 31.7. The predicted molar refractivity (Wildman–Crippen MR) is 125 cm³/mol. The lowest BCUT2D eigenvalue weighted by Gasteiger charge is -2.23. The van der Waals surface area contributed by atoms with Gasteiger partial charge in [0.15, 0.2) is 7.14 Å². The summed E-state index contributed by atoms with van der Waals surface area (Å²) in [5.74, 6) is 2.50. The lowest BCUT2D eigenvalue weighted by molar-refractivity contribution is 0.415. The molecule has 0 N–H and O–H groups in total. The van der Waals surface area contributed by atoms with Gasteiger partial charge in [0, 0.05) is 10.6 Å². The third-order valence-electron chi connectivity index (χ3n) is 5.01. The smallest absolute Gasteiger partial charge is 0.174 e. The summed E-state index contributed by atoms with van der Waals surface area (Å²) in [5, 5.41) is 1.92. The molecule has 0 aromatic heterocycles. The quantitative estimate of drug-likeness (QED) is 0.381. The van der Waals surface area contributed by atoms with Crippen LogP contribution in [0.5, 0.6) is 23.0 Å². The van der Waals surface area contributed by atoms with Gasteiger partial charge >= 0.3 is 0 Å². The van der Waals surface area contributed by atoms with E-state index in [-0.39, 0.29) is 0 Å². The average Bonchev–Trinajstić information content (AvgIpc) is 2.84. The topological polar surface area (TPSA) is 44.8 Å². The summed E-state index contributed by atoms with van der Waals surface area (Å²) in [7, 11) is -0.118. The fourth-order valence-corrected chi connectivity index (χ4v) is 6.25. The van der Waals surface area contributed by atoms with Crippen molar-refractivity contribution in [3.8, 4) is 23.0 Å². The first-order valence-electron chi connectivity index (χ1n) is 9.87. The highest BCUT2D eigenvalue weighted by molar-refractivity contribution is 7.85. The van der Waals surface area contributed by atoms with Crippen molar-refractivity contribution in [1.82, 2.24) is 0 Å². The van der Waals surface area contributed by atoms with Crippen LogP contribution in [-0.4, -0.2) is 14.2 Å². The first-order chi connectivity index (χ1) is 15.1. The first kappa shape index (κ1) is 20.8. The molecule has 31 heavy (non-hydrogen) atoms. The maximum Gasteiger partial charge on any atom is 0.174 e. The van der Waals surface area contributed by atoms with Crippen molar-refractivity contribution >= 4 is 23.1 Å². The van der Waals surface area contributed by atoms with E-state index in [9.17, 15) is 4.57 Å². The van der Waals surface area contributed by atoms with Crippen LogP contribution in [0.25, 0.3) is 0 Å². The minimum Gasteiger partial charge on any atom is -0.497 e. The van der Waals surface area contributed by atoms with E-state index in [2.05, 4.69) is 0 Å². The summed E-state index contributed by atoms with van der Waals surface area (Å²) in [4.78, 5) is 0. The fourth-order valence-electron chi connectivity index (χ4n) is 3.46. The van der Waals surface area contributed by atoms with Gasteiger partial charge in [0.25, 0.3) is 0 Å². The molecule has 0 aliphatic carbocycles. The predicted octanol–water partition coefficient (Wildman–Crippen LogP) is 5.14. The Bertz CT molecular complexity index is 1170. The van der Waals surface area contributed by atoms with Crippen molar-refractivity contribution in [2.75, 3.05) is 14.2 Å². The second-order valence-electron chi connectivity index (χ2n) is 6.90. The Labute approximate surface area is 182 Å². The van der Waals surface area contributed by atoms with Gasteiger partial charge in [0.05, 0.1) is 19.5 Å². The summed E-state index contributed by atoms with van der Waals surface area (Å²) in [6.45, 7) is 0. The zero-order valence-electron chi connectivity index (χ0n) is 17.4. The van der Waals surface area contributed by atoms with Gasteiger partial charge in [0.1, 0.15) is 23.0 Å². The van der Waals surface area contributed by atoms with E-state index in [1.165, 1.54) is 0 Å².